The van der Waals surface area contributed by atoms with E-state index in [2.05, 4.69) is 0 Å². The SMILES string of the molecule is Cc1c(O)c(=S)ccn1Cc1ccc(O)cc1. The Balaban J connectivity index is 2.34. The maximum atomic E-state index is 9.74. The predicted molar refractivity (Wildman–Crippen MR) is 68.9 cm³/mol. The second kappa shape index (κ2) is 4.59. The van der Waals surface area contributed by atoms with Crippen LogP contribution in [-0.4, -0.2) is 14.8 Å². The topological polar surface area (TPSA) is 45.4 Å². The van der Waals surface area contributed by atoms with Crippen molar-refractivity contribution in [2.75, 3.05) is 0 Å². The Morgan fingerprint density at radius 1 is 1.12 bits per heavy atom. The summed E-state index contributed by atoms with van der Waals surface area (Å²) in [6.45, 7) is 2.46. The number of phenols is 1. The van der Waals surface area contributed by atoms with Crippen LogP contribution in [0.4, 0.5) is 0 Å². The minimum atomic E-state index is 0.154. The summed E-state index contributed by atoms with van der Waals surface area (Å²) in [5.74, 6) is 0.403. The van der Waals surface area contributed by atoms with E-state index in [1.807, 2.05) is 29.8 Å². The van der Waals surface area contributed by atoms with E-state index in [0.717, 1.165) is 11.3 Å². The summed E-state index contributed by atoms with van der Waals surface area (Å²) in [5, 5.41) is 18.9. The highest BCUT2D eigenvalue weighted by molar-refractivity contribution is 7.71. The van der Waals surface area contributed by atoms with Crippen LogP contribution < -0.4 is 0 Å². The van der Waals surface area contributed by atoms with Crippen molar-refractivity contribution in [3.63, 3.8) is 0 Å². The van der Waals surface area contributed by atoms with Crippen LogP contribution in [0.5, 0.6) is 11.5 Å². The fourth-order valence-electron chi connectivity index (χ4n) is 1.63. The van der Waals surface area contributed by atoms with Crippen molar-refractivity contribution in [3.8, 4) is 11.5 Å². The molecule has 0 saturated carbocycles. The lowest BCUT2D eigenvalue weighted by Crippen LogP contribution is -2.04. The van der Waals surface area contributed by atoms with Crippen LogP contribution in [-0.2, 0) is 6.54 Å². The van der Waals surface area contributed by atoms with Crippen LogP contribution >= 0.6 is 12.2 Å². The number of hydrogen-bond acceptors (Lipinski definition) is 3. The number of aromatic nitrogens is 1. The predicted octanol–water partition coefficient (Wildman–Crippen LogP) is 2.99. The van der Waals surface area contributed by atoms with Gasteiger partial charge in [0.2, 0.25) is 0 Å². The number of phenolic OH excluding ortho intramolecular Hbond substituents is 1. The van der Waals surface area contributed by atoms with Gasteiger partial charge in [0.25, 0.3) is 0 Å². The van der Waals surface area contributed by atoms with Crippen molar-refractivity contribution in [3.05, 3.63) is 52.3 Å². The molecule has 88 valence electrons. The summed E-state index contributed by atoms with van der Waals surface area (Å²) < 4.78 is 2.38. The van der Waals surface area contributed by atoms with E-state index in [-0.39, 0.29) is 11.5 Å². The molecule has 1 heterocycles. The van der Waals surface area contributed by atoms with E-state index in [0.29, 0.717) is 11.1 Å². The molecule has 0 fully saturated rings. The molecule has 0 amide bonds. The van der Waals surface area contributed by atoms with Crippen molar-refractivity contribution in [2.24, 2.45) is 0 Å². The monoisotopic (exact) mass is 247 g/mol. The van der Waals surface area contributed by atoms with Gasteiger partial charge in [0.05, 0.1) is 10.2 Å². The smallest absolute Gasteiger partial charge is 0.152 e. The summed E-state index contributed by atoms with van der Waals surface area (Å²) >= 11 is 4.99. The molecule has 0 radical (unpaired) electrons. The molecule has 0 atom stereocenters. The van der Waals surface area contributed by atoms with Gasteiger partial charge in [-0.15, -0.1) is 0 Å². The Morgan fingerprint density at radius 2 is 1.76 bits per heavy atom. The van der Waals surface area contributed by atoms with Crippen molar-refractivity contribution in [2.45, 2.75) is 13.5 Å². The van der Waals surface area contributed by atoms with Crippen LogP contribution in [0.25, 0.3) is 0 Å². The first-order valence-corrected chi connectivity index (χ1v) is 5.65. The first kappa shape index (κ1) is 11.7. The third kappa shape index (κ3) is 2.47. The van der Waals surface area contributed by atoms with E-state index in [9.17, 15) is 10.2 Å². The third-order valence-corrected chi connectivity index (χ3v) is 3.03. The molecule has 2 aromatic rings. The molecule has 1 aromatic heterocycles. The summed E-state index contributed by atoms with van der Waals surface area (Å²) in [6, 6.07) is 8.69. The van der Waals surface area contributed by atoms with Gasteiger partial charge in [-0.1, -0.05) is 24.4 Å². The van der Waals surface area contributed by atoms with Gasteiger partial charge < -0.3 is 14.8 Å². The molecule has 0 unspecified atom stereocenters. The Bertz CT molecular complexity index is 587. The van der Waals surface area contributed by atoms with Crippen LogP contribution in [0, 0.1) is 11.4 Å². The van der Waals surface area contributed by atoms with E-state index < -0.39 is 0 Å². The summed E-state index contributed by atoms with van der Waals surface area (Å²) in [5.41, 5.74) is 1.79. The number of hydrogen-bond donors (Lipinski definition) is 2. The van der Waals surface area contributed by atoms with Gasteiger partial charge in [0.15, 0.2) is 5.75 Å². The molecule has 0 bridgehead atoms. The van der Waals surface area contributed by atoms with Gasteiger partial charge in [-0.25, -0.2) is 0 Å². The number of pyridine rings is 1. The zero-order valence-corrected chi connectivity index (χ0v) is 10.2. The quantitative estimate of drug-likeness (QED) is 0.802. The molecule has 2 rings (SSSR count). The Hall–Kier alpha value is -1.81. The van der Waals surface area contributed by atoms with Crippen LogP contribution in [0.2, 0.25) is 0 Å². The minimum absolute atomic E-state index is 0.154. The highest BCUT2D eigenvalue weighted by Crippen LogP contribution is 2.19. The molecule has 2 N–H and O–H groups in total. The van der Waals surface area contributed by atoms with Crippen molar-refractivity contribution in [1.29, 1.82) is 0 Å². The fraction of sp³-hybridized carbons (Fsp3) is 0.154. The first-order valence-electron chi connectivity index (χ1n) is 5.25. The lowest BCUT2D eigenvalue weighted by Gasteiger charge is -2.12. The van der Waals surface area contributed by atoms with E-state index in [4.69, 9.17) is 12.2 Å². The highest BCUT2D eigenvalue weighted by Gasteiger charge is 2.03. The average Bonchev–Trinajstić information content (AvgIpc) is 2.33. The standard InChI is InChI=1S/C13H13NO2S/c1-9-13(16)12(17)6-7-14(9)8-10-2-4-11(15)5-3-10/h2-7,15-16H,8H2,1H3. The number of rotatable bonds is 2. The second-order valence-electron chi connectivity index (χ2n) is 3.91. The number of nitrogens with zero attached hydrogens (tertiary/aromatic N) is 1. The Morgan fingerprint density at radius 3 is 2.41 bits per heavy atom. The summed E-state index contributed by atoms with van der Waals surface area (Å²) in [4.78, 5) is 0. The Labute approximate surface area is 105 Å². The number of aromatic hydroxyl groups is 2. The van der Waals surface area contributed by atoms with E-state index in [1.165, 1.54) is 0 Å². The fourth-order valence-corrected chi connectivity index (χ4v) is 1.84. The van der Waals surface area contributed by atoms with Gasteiger partial charge in [-0.3, -0.25) is 0 Å². The Kier molecular flexibility index (Phi) is 3.15. The molecule has 4 heteroatoms. The van der Waals surface area contributed by atoms with Gasteiger partial charge in [-0.2, -0.15) is 0 Å². The van der Waals surface area contributed by atoms with E-state index in [1.54, 1.807) is 18.2 Å². The van der Waals surface area contributed by atoms with Crippen LogP contribution in [0.3, 0.4) is 0 Å². The molecule has 1 aromatic carbocycles. The zero-order chi connectivity index (χ0) is 12.4. The van der Waals surface area contributed by atoms with Gasteiger partial charge >= 0.3 is 0 Å². The highest BCUT2D eigenvalue weighted by atomic mass is 32.1. The molecule has 0 aliphatic rings. The molecular formula is C13H13NO2S. The van der Waals surface area contributed by atoms with Crippen LogP contribution in [0.15, 0.2) is 36.5 Å². The van der Waals surface area contributed by atoms with Gasteiger partial charge in [0.1, 0.15) is 5.75 Å². The summed E-state index contributed by atoms with van der Waals surface area (Å²) in [6.07, 6.45) is 1.85. The maximum absolute atomic E-state index is 9.74. The van der Waals surface area contributed by atoms with Crippen molar-refractivity contribution in [1.82, 2.24) is 4.57 Å². The normalized spacial score (nSPS) is 10.4. The lowest BCUT2D eigenvalue weighted by molar-refractivity contribution is 0.458. The minimum Gasteiger partial charge on any atom is -0.508 e. The maximum Gasteiger partial charge on any atom is 0.152 e. The molecule has 17 heavy (non-hydrogen) atoms. The molecule has 3 nitrogen and oxygen atoms in total. The van der Waals surface area contributed by atoms with Gasteiger partial charge in [0, 0.05) is 12.7 Å². The lowest BCUT2D eigenvalue weighted by atomic mass is 10.2. The third-order valence-electron chi connectivity index (χ3n) is 2.70. The second-order valence-corrected chi connectivity index (χ2v) is 4.35. The molecule has 0 aliphatic carbocycles. The number of benzene rings is 1. The molecular weight excluding hydrogens is 234 g/mol. The first-order chi connectivity index (χ1) is 8.08. The zero-order valence-electron chi connectivity index (χ0n) is 9.42. The average molecular weight is 247 g/mol. The molecule has 0 saturated heterocycles. The van der Waals surface area contributed by atoms with Crippen LogP contribution in [0.1, 0.15) is 11.3 Å². The molecule has 0 aliphatic heterocycles. The molecule has 0 spiro atoms. The summed E-state index contributed by atoms with van der Waals surface area (Å²) in [7, 11) is 0. The van der Waals surface area contributed by atoms with Gasteiger partial charge in [-0.05, 0) is 30.7 Å². The van der Waals surface area contributed by atoms with E-state index >= 15 is 0 Å². The van der Waals surface area contributed by atoms with Crippen molar-refractivity contribution < 1.29 is 10.2 Å². The largest absolute Gasteiger partial charge is 0.508 e. The van der Waals surface area contributed by atoms with Crippen molar-refractivity contribution >= 4 is 12.2 Å².